The van der Waals surface area contributed by atoms with E-state index in [0.717, 1.165) is 0 Å². The van der Waals surface area contributed by atoms with Crippen molar-refractivity contribution < 1.29 is 18.0 Å². The smallest absolute Gasteiger partial charge is 0.343 e. The highest BCUT2D eigenvalue weighted by atomic mass is 32.2. The molecule has 0 saturated heterocycles. The number of hydrogen-bond donors (Lipinski definition) is 2. The normalized spacial score (nSPS) is 11.4. The molecule has 0 spiro atoms. The van der Waals surface area contributed by atoms with E-state index >= 15 is 0 Å². The molecule has 0 saturated carbocycles. The number of halogens is 3. The highest BCUT2D eigenvalue weighted by Crippen LogP contribution is 2.21. The molecule has 0 fully saturated rings. The molecule has 0 radical (unpaired) electrons. The van der Waals surface area contributed by atoms with Crippen molar-refractivity contribution in [2.75, 3.05) is 6.54 Å². The number of H-pyrrole nitrogens is 1. The molecule has 2 N–H and O–H groups in total. The summed E-state index contributed by atoms with van der Waals surface area (Å²) in [7, 11) is 0. The van der Waals surface area contributed by atoms with Crippen LogP contribution in [0.15, 0.2) is 35.7 Å². The Morgan fingerprint density at radius 3 is 2.76 bits per heavy atom. The van der Waals surface area contributed by atoms with Gasteiger partial charge in [-0.15, -0.1) is 0 Å². The van der Waals surface area contributed by atoms with Gasteiger partial charge in [0.05, 0.1) is 0 Å². The number of carbonyl (C=O) groups excluding carboxylic acids is 1. The minimum Gasteiger partial charge on any atom is -0.343 e. The summed E-state index contributed by atoms with van der Waals surface area (Å²) in [5.74, 6) is -0.355. The topological polar surface area (TPSA) is 70.7 Å². The molecule has 1 aromatic heterocycles. The van der Waals surface area contributed by atoms with Crippen LogP contribution in [0.5, 0.6) is 0 Å². The quantitative estimate of drug-likeness (QED) is 0.831. The van der Waals surface area contributed by atoms with E-state index in [1.165, 1.54) is 24.2 Å². The number of aromatic amines is 1. The Labute approximate surface area is 122 Å². The van der Waals surface area contributed by atoms with Crippen LogP contribution in [0.3, 0.4) is 0 Å². The van der Waals surface area contributed by atoms with Crippen molar-refractivity contribution in [3.8, 4) is 0 Å². The Hall–Kier alpha value is -2.03. The number of carbonyl (C=O) groups is 1. The van der Waals surface area contributed by atoms with Crippen molar-refractivity contribution in [2.45, 2.75) is 17.1 Å². The summed E-state index contributed by atoms with van der Waals surface area (Å²) in [5, 5.41) is 8.77. The monoisotopic (exact) mass is 316 g/mol. The number of amides is 1. The van der Waals surface area contributed by atoms with Crippen LogP contribution < -0.4 is 5.32 Å². The Morgan fingerprint density at radius 2 is 2.10 bits per heavy atom. The predicted molar refractivity (Wildman–Crippen MR) is 70.8 cm³/mol. The average molecular weight is 316 g/mol. The Balaban J connectivity index is 2.03. The summed E-state index contributed by atoms with van der Waals surface area (Å²) in [4.78, 5) is 15.7. The largest absolute Gasteiger partial charge is 0.405 e. The minimum atomic E-state index is -4.43. The fourth-order valence-corrected chi connectivity index (χ4v) is 2.34. The lowest BCUT2D eigenvalue weighted by molar-refractivity contribution is -0.123. The third-order valence-electron chi connectivity index (χ3n) is 2.47. The lowest BCUT2D eigenvalue weighted by Crippen LogP contribution is -2.34. The van der Waals surface area contributed by atoms with Crippen molar-refractivity contribution in [3.05, 3.63) is 41.7 Å². The van der Waals surface area contributed by atoms with Gasteiger partial charge in [-0.3, -0.25) is 9.89 Å². The molecule has 1 amide bonds. The number of rotatable bonds is 5. The van der Waals surface area contributed by atoms with E-state index in [1.54, 1.807) is 18.2 Å². The molecule has 2 rings (SSSR count). The highest BCUT2D eigenvalue weighted by molar-refractivity contribution is 7.98. The van der Waals surface area contributed by atoms with Crippen LogP contribution in [0.1, 0.15) is 15.9 Å². The van der Waals surface area contributed by atoms with Crippen molar-refractivity contribution in [2.24, 2.45) is 0 Å². The van der Waals surface area contributed by atoms with E-state index < -0.39 is 18.6 Å². The van der Waals surface area contributed by atoms with E-state index in [9.17, 15) is 18.0 Å². The lowest BCUT2D eigenvalue weighted by Gasteiger charge is -2.11. The van der Waals surface area contributed by atoms with Crippen LogP contribution in [0.25, 0.3) is 0 Å². The SMILES string of the molecule is O=C(NCC(F)(F)F)c1ccccc1CSc1ncn[nH]1. The van der Waals surface area contributed by atoms with Crippen LogP contribution in [0.2, 0.25) is 0 Å². The Bertz CT molecular complexity index is 601. The standard InChI is InChI=1S/C12H11F3N4OS/c13-12(14,15)6-16-10(20)9-4-2-1-3-8(9)5-21-11-17-7-18-19-11/h1-4,7H,5-6H2,(H,16,20)(H,17,18,19). The Kier molecular flexibility index (Phi) is 4.84. The first kappa shape index (κ1) is 15.4. The third kappa shape index (κ3) is 4.78. The number of hydrogen-bond acceptors (Lipinski definition) is 4. The molecule has 0 atom stereocenters. The molecule has 0 aliphatic carbocycles. The van der Waals surface area contributed by atoms with Gasteiger partial charge in [0.2, 0.25) is 0 Å². The lowest BCUT2D eigenvalue weighted by atomic mass is 10.1. The van der Waals surface area contributed by atoms with Crippen LogP contribution in [0.4, 0.5) is 13.2 Å². The molecule has 21 heavy (non-hydrogen) atoms. The second-order valence-corrected chi connectivity index (χ2v) is 5.00. The number of aromatic nitrogens is 3. The van der Waals surface area contributed by atoms with Gasteiger partial charge >= 0.3 is 6.18 Å². The van der Waals surface area contributed by atoms with E-state index in [4.69, 9.17) is 0 Å². The van der Waals surface area contributed by atoms with E-state index in [0.29, 0.717) is 16.5 Å². The van der Waals surface area contributed by atoms with Crippen LogP contribution in [-0.4, -0.2) is 33.8 Å². The number of benzene rings is 1. The molecule has 9 heteroatoms. The zero-order valence-electron chi connectivity index (χ0n) is 10.6. The van der Waals surface area contributed by atoms with Gasteiger partial charge in [-0.2, -0.15) is 18.3 Å². The number of nitrogens with one attached hydrogen (secondary N) is 2. The minimum absolute atomic E-state index is 0.216. The number of thioether (sulfide) groups is 1. The molecule has 1 aromatic carbocycles. The summed E-state index contributed by atoms with van der Waals surface area (Å²) >= 11 is 1.30. The summed E-state index contributed by atoms with van der Waals surface area (Å²) in [6.45, 7) is -1.35. The van der Waals surface area contributed by atoms with Crippen molar-refractivity contribution in [3.63, 3.8) is 0 Å². The highest BCUT2D eigenvalue weighted by Gasteiger charge is 2.28. The third-order valence-corrected chi connectivity index (χ3v) is 3.39. The molecular formula is C12H11F3N4OS. The number of nitrogens with zero attached hydrogens (tertiary/aromatic N) is 2. The van der Waals surface area contributed by atoms with Crippen molar-refractivity contribution in [1.29, 1.82) is 0 Å². The second-order valence-electron chi connectivity index (χ2n) is 4.03. The molecular weight excluding hydrogens is 305 g/mol. The summed E-state index contributed by atoms with van der Waals surface area (Å²) in [6, 6.07) is 6.50. The molecule has 0 bridgehead atoms. The molecule has 0 unspecified atom stereocenters. The first-order valence-corrected chi connectivity index (χ1v) is 6.85. The molecule has 0 aliphatic rings. The summed E-state index contributed by atoms with van der Waals surface area (Å²) < 4.78 is 36.4. The van der Waals surface area contributed by atoms with Gasteiger partial charge in [0.15, 0.2) is 5.16 Å². The average Bonchev–Trinajstić information content (AvgIpc) is 2.95. The fourth-order valence-electron chi connectivity index (χ4n) is 1.55. The zero-order valence-corrected chi connectivity index (χ0v) is 11.5. The van der Waals surface area contributed by atoms with Gasteiger partial charge in [-0.25, -0.2) is 4.98 Å². The van der Waals surface area contributed by atoms with Gasteiger partial charge in [0, 0.05) is 11.3 Å². The van der Waals surface area contributed by atoms with Crippen molar-refractivity contribution >= 4 is 17.7 Å². The van der Waals surface area contributed by atoms with E-state index in [1.807, 2.05) is 5.32 Å². The molecule has 2 aromatic rings. The van der Waals surface area contributed by atoms with Crippen molar-refractivity contribution in [1.82, 2.24) is 20.5 Å². The van der Waals surface area contributed by atoms with Gasteiger partial charge in [0.25, 0.3) is 5.91 Å². The van der Waals surface area contributed by atoms with Gasteiger partial charge < -0.3 is 5.32 Å². The van der Waals surface area contributed by atoms with Gasteiger partial charge in [0.1, 0.15) is 12.9 Å². The Morgan fingerprint density at radius 1 is 1.33 bits per heavy atom. The van der Waals surface area contributed by atoms with Gasteiger partial charge in [-0.1, -0.05) is 30.0 Å². The number of alkyl halides is 3. The molecule has 1 heterocycles. The fraction of sp³-hybridized carbons (Fsp3) is 0.250. The van der Waals surface area contributed by atoms with E-state index in [2.05, 4.69) is 15.2 Å². The molecule has 0 aliphatic heterocycles. The maximum Gasteiger partial charge on any atom is 0.405 e. The maximum absolute atomic E-state index is 12.1. The van der Waals surface area contributed by atoms with Crippen LogP contribution in [-0.2, 0) is 5.75 Å². The zero-order chi connectivity index (χ0) is 15.3. The maximum atomic E-state index is 12.1. The second kappa shape index (κ2) is 6.61. The molecule has 5 nitrogen and oxygen atoms in total. The summed E-state index contributed by atoms with van der Waals surface area (Å²) in [5.41, 5.74) is 0.840. The van der Waals surface area contributed by atoms with Crippen LogP contribution >= 0.6 is 11.8 Å². The molecule has 112 valence electrons. The van der Waals surface area contributed by atoms with Gasteiger partial charge in [-0.05, 0) is 11.6 Å². The predicted octanol–water partition coefficient (Wildman–Crippen LogP) is 2.39. The first-order valence-electron chi connectivity index (χ1n) is 5.87. The first-order chi connectivity index (χ1) is 9.96. The van der Waals surface area contributed by atoms with E-state index in [-0.39, 0.29) is 5.56 Å². The van der Waals surface area contributed by atoms with Crippen LogP contribution in [0, 0.1) is 0 Å². The summed E-state index contributed by atoms with van der Waals surface area (Å²) in [6.07, 6.45) is -3.08.